The summed E-state index contributed by atoms with van der Waals surface area (Å²) >= 11 is 9.72. The number of carbonyl (C=O) groups excluding carboxylic acids is 1. The molecule has 0 aliphatic carbocycles. The van der Waals surface area contributed by atoms with Gasteiger partial charge in [0.2, 0.25) is 5.83 Å². The van der Waals surface area contributed by atoms with Crippen LogP contribution in [-0.4, -0.2) is 5.97 Å². The number of hydrogen-bond donors (Lipinski definition) is 0. The van der Waals surface area contributed by atoms with Gasteiger partial charge >= 0.3 is 5.97 Å². The van der Waals surface area contributed by atoms with E-state index in [9.17, 15) is 9.18 Å². The maximum atomic E-state index is 12.4. The summed E-state index contributed by atoms with van der Waals surface area (Å²) in [6, 6.07) is 3.19. The van der Waals surface area contributed by atoms with Crippen molar-refractivity contribution >= 4 is 53.8 Å². The Bertz CT molecular complexity index is 432. The van der Waals surface area contributed by atoms with Gasteiger partial charge in [0.05, 0.1) is 4.47 Å². The van der Waals surface area contributed by atoms with Gasteiger partial charge in [0.25, 0.3) is 0 Å². The zero-order chi connectivity index (χ0) is 11.6. The zero-order valence-corrected chi connectivity index (χ0v) is 11.9. The lowest BCUT2D eigenvalue weighted by Crippen LogP contribution is -2.07. The molecule has 0 aliphatic heterocycles. The lowest BCUT2D eigenvalue weighted by atomic mass is 10.3. The minimum atomic E-state index is -1.14. The van der Waals surface area contributed by atoms with E-state index in [0.29, 0.717) is 8.95 Å². The summed E-state index contributed by atoms with van der Waals surface area (Å²) in [5.74, 6) is -2.03. The maximum Gasteiger partial charge on any atom is 0.371 e. The van der Waals surface area contributed by atoms with E-state index in [1.807, 2.05) is 0 Å². The summed E-state index contributed by atoms with van der Waals surface area (Å²) in [6.45, 7) is 2.84. The molecule has 0 aromatic heterocycles. The molecule has 0 aliphatic rings. The molecule has 0 fully saturated rings. The van der Waals surface area contributed by atoms with Crippen LogP contribution in [-0.2, 0) is 4.79 Å². The van der Waals surface area contributed by atoms with Gasteiger partial charge in [0, 0.05) is 8.95 Å². The molecular formula is C9H4Br3FO2. The first-order chi connectivity index (χ1) is 6.93. The number of halogens is 4. The molecule has 6 heteroatoms. The first-order valence-corrected chi connectivity index (χ1v) is 6.01. The van der Waals surface area contributed by atoms with Crippen molar-refractivity contribution in [2.75, 3.05) is 0 Å². The number of hydrogen-bond acceptors (Lipinski definition) is 2. The fourth-order valence-electron chi connectivity index (χ4n) is 0.742. The van der Waals surface area contributed by atoms with Crippen LogP contribution < -0.4 is 4.74 Å². The van der Waals surface area contributed by atoms with Gasteiger partial charge in [-0.2, -0.15) is 4.39 Å². The Morgan fingerprint density at radius 2 is 1.87 bits per heavy atom. The van der Waals surface area contributed by atoms with Crippen LogP contribution in [0.4, 0.5) is 4.39 Å². The van der Waals surface area contributed by atoms with E-state index in [4.69, 9.17) is 4.74 Å². The lowest BCUT2D eigenvalue weighted by Gasteiger charge is -2.07. The van der Waals surface area contributed by atoms with E-state index in [1.165, 1.54) is 6.07 Å². The molecule has 0 unspecified atom stereocenters. The second-order valence-corrected chi connectivity index (χ2v) is 4.91. The second kappa shape index (κ2) is 5.23. The summed E-state index contributed by atoms with van der Waals surface area (Å²) in [5, 5.41) is 0. The highest BCUT2D eigenvalue weighted by atomic mass is 79.9. The third-order valence-electron chi connectivity index (χ3n) is 1.42. The van der Waals surface area contributed by atoms with Crippen LogP contribution >= 0.6 is 47.8 Å². The second-order valence-electron chi connectivity index (χ2n) is 2.47. The molecule has 2 nitrogen and oxygen atoms in total. The van der Waals surface area contributed by atoms with Crippen molar-refractivity contribution in [3.8, 4) is 5.75 Å². The van der Waals surface area contributed by atoms with Gasteiger partial charge in [-0.3, -0.25) is 0 Å². The van der Waals surface area contributed by atoms with Gasteiger partial charge < -0.3 is 4.74 Å². The molecule has 1 aromatic rings. The molecule has 0 heterocycles. The van der Waals surface area contributed by atoms with Gasteiger partial charge in [0.15, 0.2) is 0 Å². The first kappa shape index (κ1) is 12.9. The first-order valence-electron chi connectivity index (χ1n) is 3.63. The standard InChI is InChI=1S/C9H4Br3FO2/c1-4(13)9(14)15-6-3-2-5(10)7(11)8(6)12/h2-3H,1H2. The summed E-state index contributed by atoms with van der Waals surface area (Å²) < 4.78 is 19.1. The van der Waals surface area contributed by atoms with Gasteiger partial charge in [-0.25, -0.2) is 4.79 Å². The molecular weight excluding hydrogens is 399 g/mol. The van der Waals surface area contributed by atoms with Crippen LogP contribution in [0.15, 0.2) is 38.0 Å². The van der Waals surface area contributed by atoms with E-state index in [0.717, 1.165) is 4.47 Å². The Balaban J connectivity index is 3.02. The van der Waals surface area contributed by atoms with Gasteiger partial charge in [-0.05, 0) is 59.9 Å². The Morgan fingerprint density at radius 1 is 1.27 bits per heavy atom. The monoisotopic (exact) mass is 400 g/mol. The van der Waals surface area contributed by atoms with Crippen LogP contribution in [0.1, 0.15) is 0 Å². The van der Waals surface area contributed by atoms with E-state index in [-0.39, 0.29) is 5.75 Å². The fourth-order valence-corrected chi connectivity index (χ4v) is 2.09. The summed E-state index contributed by atoms with van der Waals surface area (Å²) in [7, 11) is 0. The van der Waals surface area contributed by atoms with Crippen molar-refractivity contribution in [2.45, 2.75) is 0 Å². The highest BCUT2D eigenvalue weighted by Crippen LogP contribution is 2.37. The van der Waals surface area contributed by atoms with Gasteiger partial charge in [-0.15, -0.1) is 0 Å². The van der Waals surface area contributed by atoms with Crippen molar-refractivity contribution in [2.24, 2.45) is 0 Å². The van der Waals surface area contributed by atoms with Crippen LogP contribution in [0.5, 0.6) is 5.75 Å². The predicted molar refractivity (Wildman–Crippen MR) is 65.4 cm³/mol. The average Bonchev–Trinajstić information content (AvgIpc) is 2.18. The van der Waals surface area contributed by atoms with E-state index in [2.05, 4.69) is 54.4 Å². The quantitative estimate of drug-likeness (QED) is 0.318. The molecule has 0 bridgehead atoms. The molecule has 80 valence electrons. The smallest absolute Gasteiger partial charge is 0.371 e. The fraction of sp³-hybridized carbons (Fsp3) is 0. The molecule has 0 atom stereocenters. The topological polar surface area (TPSA) is 26.3 Å². The van der Waals surface area contributed by atoms with Crippen LogP contribution in [0.25, 0.3) is 0 Å². The van der Waals surface area contributed by atoms with Crippen molar-refractivity contribution in [1.82, 2.24) is 0 Å². The molecule has 1 rings (SSSR count). The number of esters is 1. The Kier molecular flexibility index (Phi) is 4.48. The Labute approximate surface area is 111 Å². The van der Waals surface area contributed by atoms with Crippen molar-refractivity contribution < 1.29 is 13.9 Å². The number of carbonyl (C=O) groups is 1. The normalized spacial score (nSPS) is 9.87. The van der Waals surface area contributed by atoms with E-state index >= 15 is 0 Å². The SMILES string of the molecule is C=C(F)C(=O)Oc1ccc(Br)c(Br)c1Br. The molecule has 0 saturated carbocycles. The van der Waals surface area contributed by atoms with E-state index in [1.54, 1.807) is 6.07 Å². The molecule has 0 radical (unpaired) electrons. The van der Waals surface area contributed by atoms with Crippen LogP contribution in [0.3, 0.4) is 0 Å². The maximum absolute atomic E-state index is 12.4. The Hall–Kier alpha value is -0.200. The summed E-state index contributed by atoms with van der Waals surface area (Å²) in [5.41, 5.74) is 0. The number of benzene rings is 1. The lowest BCUT2D eigenvalue weighted by molar-refractivity contribution is -0.131. The third kappa shape index (κ3) is 3.12. The predicted octanol–water partition coefficient (Wildman–Crippen LogP) is 4.36. The molecule has 0 spiro atoms. The largest absolute Gasteiger partial charge is 0.420 e. The van der Waals surface area contributed by atoms with Crippen molar-refractivity contribution in [1.29, 1.82) is 0 Å². The molecule has 15 heavy (non-hydrogen) atoms. The third-order valence-corrected chi connectivity index (χ3v) is 4.76. The van der Waals surface area contributed by atoms with Gasteiger partial charge in [-0.1, -0.05) is 6.58 Å². The molecule has 0 saturated heterocycles. The number of ether oxygens (including phenoxy) is 1. The molecule has 0 N–H and O–H groups in total. The highest BCUT2D eigenvalue weighted by Gasteiger charge is 2.14. The summed E-state index contributed by atoms with van der Waals surface area (Å²) in [6.07, 6.45) is 0. The minimum absolute atomic E-state index is 0.217. The number of rotatable bonds is 2. The van der Waals surface area contributed by atoms with E-state index < -0.39 is 11.8 Å². The highest BCUT2D eigenvalue weighted by molar-refractivity contribution is 9.14. The Morgan fingerprint density at radius 3 is 2.40 bits per heavy atom. The zero-order valence-electron chi connectivity index (χ0n) is 7.19. The van der Waals surface area contributed by atoms with Crippen molar-refractivity contribution in [3.05, 3.63) is 38.0 Å². The van der Waals surface area contributed by atoms with Crippen LogP contribution in [0.2, 0.25) is 0 Å². The minimum Gasteiger partial charge on any atom is -0.420 e. The average molecular weight is 403 g/mol. The van der Waals surface area contributed by atoms with Crippen molar-refractivity contribution in [3.63, 3.8) is 0 Å². The van der Waals surface area contributed by atoms with Gasteiger partial charge in [0.1, 0.15) is 5.75 Å². The summed E-state index contributed by atoms with van der Waals surface area (Å²) in [4.78, 5) is 10.9. The van der Waals surface area contributed by atoms with Crippen LogP contribution in [0, 0.1) is 0 Å². The molecule has 1 aromatic carbocycles. The molecule has 0 amide bonds.